The summed E-state index contributed by atoms with van der Waals surface area (Å²) >= 11 is 6.51. The van der Waals surface area contributed by atoms with E-state index in [1.807, 2.05) is 6.07 Å². The molecular weight excluding hydrogens is 462 g/mol. The highest BCUT2D eigenvalue weighted by atomic mass is 35.5. The van der Waals surface area contributed by atoms with E-state index in [1.165, 1.54) is 4.90 Å². The van der Waals surface area contributed by atoms with Crippen molar-refractivity contribution in [3.05, 3.63) is 69.5 Å². The van der Waals surface area contributed by atoms with Crippen LogP contribution >= 0.6 is 11.6 Å². The number of likely N-dealkylation sites (tertiary alicyclic amines) is 1. The zero-order valence-electron chi connectivity index (χ0n) is 17.6. The summed E-state index contributed by atoms with van der Waals surface area (Å²) < 4.78 is 53.2. The van der Waals surface area contributed by atoms with Gasteiger partial charge in [0.1, 0.15) is 5.82 Å². The van der Waals surface area contributed by atoms with Crippen LogP contribution in [0.2, 0.25) is 5.02 Å². The Morgan fingerprint density at radius 1 is 1.15 bits per heavy atom. The molecule has 1 saturated heterocycles. The Kier molecular flexibility index (Phi) is 6.16. The Morgan fingerprint density at radius 2 is 1.85 bits per heavy atom. The lowest BCUT2D eigenvalue weighted by atomic mass is 9.73. The number of piperidine rings is 1. The molecule has 2 aromatic rings. The quantitative estimate of drug-likeness (QED) is 0.579. The molecule has 33 heavy (non-hydrogen) atoms. The fourth-order valence-electron chi connectivity index (χ4n) is 5.40. The van der Waals surface area contributed by atoms with E-state index < -0.39 is 35.9 Å². The molecule has 1 heterocycles. The summed E-state index contributed by atoms with van der Waals surface area (Å²) in [6.07, 6.45) is -3.55. The third-order valence-electron chi connectivity index (χ3n) is 6.87. The van der Waals surface area contributed by atoms with E-state index in [4.69, 9.17) is 11.6 Å². The molecule has 9 heteroatoms. The van der Waals surface area contributed by atoms with Crippen LogP contribution in [0.5, 0.6) is 0 Å². The van der Waals surface area contributed by atoms with Crippen molar-refractivity contribution >= 4 is 23.5 Å². The molecule has 176 valence electrons. The normalized spacial score (nSPS) is 19.5. The van der Waals surface area contributed by atoms with Gasteiger partial charge in [0.2, 0.25) is 5.91 Å². The van der Waals surface area contributed by atoms with Crippen LogP contribution in [0.25, 0.3) is 0 Å². The molecule has 1 atom stereocenters. The van der Waals surface area contributed by atoms with Crippen LogP contribution in [0.4, 0.5) is 17.6 Å². The van der Waals surface area contributed by atoms with Gasteiger partial charge in [-0.2, -0.15) is 13.2 Å². The number of carboxylic acids is 1. The number of carboxylic acid groups (broad SMARTS) is 1. The molecule has 1 unspecified atom stereocenters. The van der Waals surface area contributed by atoms with Crippen LogP contribution in [-0.2, 0) is 27.6 Å². The number of hydrogen-bond donors (Lipinski definition) is 1. The van der Waals surface area contributed by atoms with Gasteiger partial charge in [0.05, 0.1) is 18.4 Å². The van der Waals surface area contributed by atoms with Crippen molar-refractivity contribution in [2.24, 2.45) is 0 Å². The van der Waals surface area contributed by atoms with Crippen LogP contribution < -0.4 is 0 Å². The highest BCUT2D eigenvalue weighted by Crippen LogP contribution is 2.55. The van der Waals surface area contributed by atoms with Gasteiger partial charge in [0, 0.05) is 23.5 Å². The molecule has 0 aromatic heterocycles. The average Bonchev–Trinajstić information content (AvgIpc) is 3.02. The summed E-state index contributed by atoms with van der Waals surface area (Å²) in [4.78, 5) is 25.7. The van der Waals surface area contributed by atoms with E-state index >= 15 is 0 Å². The second-order valence-electron chi connectivity index (χ2n) is 8.84. The lowest BCUT2D eigenvalue weighted by Gasteiger charge is -2.41. The molecule has 1 aliphatic heterocycles. The minimum atomic E-state index is -4.76. The Hall–Kier alpha value is -2.61. The van der Waals surface area contributed by atoms with E-state index in [0.717, 1.165) is 23.3 Å². The van der Waals surface area contributed by atoms with Gasteiger partial charge < -0.3 is 10.0 Å². The fraction of sp³-hybridized carbons (Fsp3) is 0.417. The van der Waals surface area contributed by atoms with Gasteiger partial charge in [0.15, 0.2) is 0 Å². The van der Waals surface area contributed by atoms with Crippen molar-refractivity contribution in [2.45, 2.75) is 49.6 Å². The maximum atomic E-state index is 13.4. The second-order valence-corrected chi connectivity index (χ2v) is 9.25. The number of alkyl halides is 3. The van der Waals surface area contributed by atoms with Gasteiger partial charge in [-0.1, -0.05) is 29.8 Å². The maximum Gasteiger partial charge on any atom is 0.416 e. The first-order valence-corrected chi connectivity index (χ1v) is 11.0. The Labute approximate surface area is 193 Å². The Balaban J connectivity index is 1.51. The first kappa shape index (κ1) is 23.5. The summed E-state index contributed by atoms with van der Waals surface area (Å²) in [6, 6.07) is 7.81. The molecule has 1 aliphatic carbocycles. The Morgan fingerprint density at radius 3 is 2.48 bits per heavy atom. The lowest BCUT2D eigenvalue weighted by molar-refractivity contribution is -0.139. The van der Waals surface area contributed by atoms with Crippen molar-refractivity contribution in [1.29, 1.82) is 0 Å². The highest BCUT2D eigenvalue weighted by Gasteiger charge is 2.47. The SMILES string of the molecule is O=C(O)CC1CC2(CCN(C(=O)Cc3ccc(F)cc3C(F)(F)F)CC2)c2c(Cl)cccc21. The fourth-order valence-corrected chi connectivity index (χ4v) is 5.78. The Bertz CT molecular complexity index is 1090. The molecule has 1 amide bonds. The van der Waals surface area contributed by atoms with Gasteiger partial charge in [-0.15, -0.1) is 0 Å². The number of fused-ring (bicyclic) bond motifs is 2. The monoisotopic (exact) mass is 483 g/mol. The van der Waals surface area contributed by atoms with Crippen LogP contribution in [0.15, 0.2) is 36.4 Å². The van der Waals surface area contributed by atoms with E-state index in [0.29, 0.717) is 43.4 Å². The van der Waals surface area contributed by atoms with Crippen molar-refractivity contribution < 1.29 is 32.3 Å². The number of nitrogens with zero attached hydrogens (tertiary/aromatic N) is 1. The zero-order chi connectivity index (χ0) is 24.0. The summed E-state index contributed by atoms with van der Waals surface area (Å²) in [5.41, 5.74) is 0.0911. The number of hydrogen-bond acceptors (Lipinski definition) is 2. The largest absolute Gasteiger partial charge is 0.481 e. The number of benzene rings is 2. The van der Waals surface area contributed by atoms with Crippen molar-refractivity contribution in [3.63, 3.8) is 0 Å². The maximum absolute atomic E-state index is 13.4. The lowest BCUT2D eigenvalue weighted by Crippen LogP contribution is -2.45. The molecule has 1 N–H and O–H groups in total. The first-order valence-electron chi connectivity index (χ1n) is 10.6. The molecule has 0 saturated carbocycles. The topological polar surface area (TPSA) is 57.6 Å². The summed E-state index contributed by atoms with van der Waals surface area (Å²) in [5.74, 6) is -2.53. The molecule has 2 aromatic carbocycles. The molecule has 2 aliphatic rings. The smallest absolute Gasteiger partial charge is 0.416 e. The predicted octanol–water partition coefficient (Wildman–Crippen LogP) is 5.56. The number of rotatable bonds is 4. The molecule has 1 spiro atoms. The zero-order valence-corrected chi connectivity index (χ0v) is 18.3. The minimum Gasteiger partial charge on any atom is -0.481 e. The minimum absolute atomic E-state index is 0.0114. The summed E-state index contributed by atoms with van der Waals surface area (Å²) in [6.45, 7) is 0.650. The van der Waals surface area contributed by atoms with Gasteiger partial charge in [-0.05, 0) is 60.1 Å². The van der Waals surface area contributed by atoms with E-state index in [9.17, 15) is 32.3 Å². The van der Waals surface area contributed by atoms with E-state index in [-0.39, 0.29) is 23.3 Å². The van der Waals surface area contributed by atoms with Crippen molar-refractivity contribution in [1.82, 2.24) is 4.90 Å². The van der Waals surface area contributed by atoms with Gasteiger partial charge in [-0.3, -0.25) is 9.59 Å². The van der Waals surface area contributed by atoms with Gasteiger partial charge in [0.25, 0.3) is 0 Å². The summed E-state index contributed by atoms with van der Waals surface area (Å²) in [7, 11) is 0. The van der Waals surface area contributed by atoms with Crippen LogP contribution in [0.1, 0.15) is 53.9 Å². The third-order valence-corrected chi connectivity index (χ3v) is 7.18. The van der Waals surface area contributed by atoms with Crippen LogP contribution in [-0.4, -0.2) is 35.0 Å². The van der Waals surface area contributed by atoms with E-state index in [2.05, 4.69) is 0 Å². The van der Waals surface area contributed by atoms with Crippen molar-refractivity contribution in [2.75, 3.05) is 13.1 Å². The van der Waals surface area contributed by atoms with Crippen LogP contribution in [0.3, 0.4) is 0 Å². The molecule has 1 fully saturated rings. The number of halogens is 5. The molecule has 4 nitrogen and oxygen atoms in total. The predicted molar refractivity (Wildman–Crippen MR) is 114 cm³/mol. The standard InChI is InChI=1S/C24H22ClF4NO3/c25-19-3-1-2-17-15(11-21(32)33)13-23(22(17)19)6-8-30(9-7-23)20(31)10-14-4-5-16(26)12-18(14)24(27,28)29/h1-5,12,15H,6-11,13H2,(H,32,33). The third kappa shape index (κ3) is 4.58. The van der Waals surface area contributed by atoms with Gasteiger partial charge in [-0.25, -0.2) is 4.39 Å². The number of carbonyl (C=O) groups is 2. The number of aliphatic carboxylic acids is 1. The van der Waals surface area contributed by atoms with Crippen molar-refractivity contribution in [3.8, 4) is 0 Å². The van der Waals surface area contributed by atoms with Crippen LogP contribution in [0, 0.1) is 5.82 Å². The second kappa shape index (κ2) is 8.63. The first-order chi connectivity index (χ1) is 15.5. The molecule has 0 bridgehead atoms. The molecule has 0 radical (unpaired) electrons. The average molecular weight is 484 g/mol. The number of amides is 1. The highest BCUT2D eigenvalue weighted by molar-refractivity contribution is 6.31. The summed E-state index contributed by atoms with van der Waals surface area (Å²) in [5, 5.41) is 9.89. The number of carbonyl (C=O) groups excluding carboxylic acids is 1. The molecular formula is C24H22ClF4NO3. The van der Waals surface area contributed by atoms with E-state index in [1.54, 1.807) is 12.1 Å². The molecule has 4 rings (SSSR count). The van der Waals surface area contributed by atoms with Gasteiger partial charge >= 0.3 is 12.1 Å².